The summed E-state index contributed by atoms with van der Waals surface area (Å²) in [6, 6.07) is 0.117. The molecule has 0 aliphatic carbocycles. The number of hydrogen-bond acceptors (Lipinski definition) is 5. The summed E-state index contributed by atoms with van der Waals surface area (Å²) in [5, 5.41) is 11.8. The maximum absolute atomic E-state index is 12.1. The number of rotatable bonds is 5. The Morgan fingerprint density at radius 1 is 1.45 bits per heavy atom. The number of aryl methyl sites for hydroxylation is 2. The molecule has 0 saturated heterocycles. The lowest BCUT2D eigenvalue weighted by Gasteiger charge is -2.18. The highest BCUT2D eigenvalue weighted by Crippen LogP contribution is 2.16. The maximum Gasteiger partial charge on any atom is 0.317 e. The molecule has 7 nitrogen and oxygen atoms in total. The fourth-order valence-electron chi connectivity index (χ4n) is 2.00. The average molecular weight is 322 g/mol. The van der Waals surface area contributed by atoms with Crippen molar-refractivity contribution in [1.82, 2.24) is 30.0 Å². The molecule has 2 aromatic rings. The quantitative estimate of drug-likeness (QED) is 0.916. The summed E-state index contributed by atoms with van der Waals surface area (Å²) in [5.41, 5.74) is 1.02. The first-order chi connectivity index (χ1) is 10.4. The molecule has 0 aliphatic rings. The standard InChI is InChI=1S/C14H22N6OS/c1-9(2)20-8-16-18-12(20)7-19(5)14(21)15-6-13-17-10(3)11(4)22-13/h8-9H,6-7H2,1-5H3,(H,15,21). The zero-order valence-electron chi connectivity index (χ0n) is 13.6. The van der Waals surface area contributed by atoms with Gasteiger partial charge in [0.05, 0.1) is 18.8 Å². The Hall–Kier alpha value is -1.96. The van der Waals surface area contributed by atoms with Gasteiger partial charge in [-0.1, -0.05) is 0 Å². The topological polar surface area (TPSA) is 75.9 Å². The van der Waals surface area contributed by atoms with E-state index in [2.05, 4.69) is 34.3 Å². The van der Waals surface area contributed by atoms with Crippen molar-refractivity contribution in [3.05, 3.63) is 27.7 Å². The highest BCUT2D eigenvalue weighted by atomic mass is 32.1. The Balaban J connectivity index is 1.90. The number of hydrogen-bond donors (Lipinski definition) is 1. The van der Waals surface area contributed by atoms with Gasteiger partial charge in [-0.3, -0.25) is 0 Å². The van der Waals surface area contributed by atoms with Crippen molar-refractivity contribution in [2.45, 2.75) is 46.8 Å². The van der Waals surface area contributed by atoms with Crippen molar-refractivity contribution in [3.63, 3.8) is 0 Å². The van der Waals surface area contributed by atoms with Gasteiger partial charge in [-0.25, -0.2) is 9.78 Å². The van der Waals surface area contributed by atoms with E-state index in [0.717, 1.165) is 16.5 Å². The molecule has 2 heterocycles. The third-order valence-electron chi connectivity index (χ3n) is 3.39. The largest absolute Gasteiger partial charge is 0.331 e. The fraction of sp³-hybridized carbons (Fsp3) is 0.571. The summed E-state index contributed by atoms with van der Waals surface area (Å²) < 4.78 is 1.96. The van der Waals surface area contributed by atoms with Crippen molar-refractivity contribution in [2.24, 2.45) is 0 Å². The summed E-state index contributed by atoms with van der Waals surface area (Å²) in [6.45, 7) is 8.98. The molecule has 0 fully saturated rings. The van der Waals surface area contributed by atoms with Crippen LogP contribution >= 0.6 is 11.3 Å². The summed E-state index contributed by atoms with van der Waals surface area (Å²) in [7, 11) is 1.74. The minimum atomic E-state index is -0.149. The second-order valence-corrected chi connectivity index (χ2v) is 6.80. The number of carbonyl (C=O) groups is 1. The van der Waals surface area contributed by atoms with E-state index in [1.54, 1.807) is 29.6 Å². The van der Waals surface area contributed by atoms with Crippen molar-refractivity contribution in [3.8, 4) is 0 Å². The third-order valence-corrected chi connectivity index (χ3v) is 4.47. The van der Waals surface area contributed by atoms with Crippen molar-refractivity contribution >= 4 is 17.4 Å². The number of urea groups is 1. The predicted octanol–water partition coefficient (Wildman–Crippen LogP) is 2.27. The molecule has 0 spiro atoms. The lowest BCUT2D eigenvalue weighted by molar-refractivity contribution is 0.204. The van der Waals surface area contributed by atoms with Crippen LogP contribution in [0.1, 0.15) is 41.3 Å². The molecular formula is C14H22N6OS. The Morgan fingerprint density at radius 3 is 2.77 bits per heavy atom. The normalized spacial score (nSPS) is 11.0. The van der Waals surface area contributed by atoms with Crippen molar-refractivity contribution < 1.29 is 4.79 Å². The Kier molecular flexibility index (Phi) is 5.12. The van der Waals surface area contributed by atoms with Gasteiger partial charge in [0, 0.05) is 18.0 Å². The van der Waals surface area contributed by atoms with Gasteiger partial charge in [0.1, 0.15) is 11.3 Å². The molecule has 120 valence electrons. The molecule has 0 saturated carbocycles. The van der Waals surface area contributed by atoms with E-state index in [-0.39, 0.29) is 12.1 Å². The fourth-order valence-corrected chi connectivity index (χ4v) is 2.87. The van der Waals surface area contributed by atoms with Crippen molar-refractivity contribution in [1.29, 1.82) is 0 Å². The molecule has 0 radical (unpaired) electrons. The second-order valence-electron chi connectivity index (χ2n) is 5.51. The molecule has 0 bridgehead atoms. The Bertz CT molecular complexity index is 628. The van der Waals surface area contributed by atoms with Gasteiger partial charge >= 0.3 is 6.03 Å². The van der Waals surface area contributed by atoms with Crippen LogP contribution in [-0.2, 0) is 13.1 Å². The van der Waals surface area contributed by atoms with E-state index in [0.29, 0.717) is 13.1 Å². The average Bonchev–Trinajstić information content (AvgIpc) is 3.03. The van der Waals surface area contributed by atoms with Crippen LogP contribution in [0.25, 0.3) is 0 Å². The summed E-state index contributed by atoms with van der Waals surface area (Å²) >= 11 is 1.61. The van der Waals surface area contributed by atoms with Gasteiger partial charge in [0.25, 0.3) is 0 Å². The van der Waals surface area contributed by atoms with E-state index in [4.69, 9.17) is 0 Å². The van der Waals surface area contributed by atoms with Crippen LogP contribution in [0.4, 0.5) is 4.79 Å². The molecule has 0 aliphatic heterocycles. The van der Waals surface area contributed by atoms with E-state index in [1.807, 2.05) is 18.4 Å². The van der Waals surface area contributed by atoms with Gasteiger partial charge in [-0.2, -0.15) is 0 Å². The maximum atomic E-state index is 12.1. The monoisotopic (exact) mass is 322 g/mol. The first kappa shape index (κ1) is 16.4. The van der Waals surface area contributed by atoms with Gasteiger partial charge < -0.3 is 14.8 Å². The minimum Gasteiger partial charge on any atom is -0.331 e. The number of aromatic nitrogens is 4. The van der Waals surface area contributed by atoms with Crippen LogP contribution in [0.3, 0.4) is 0 Å². The van der Waals surface area contributed by atoms with E-state index >= 15 is 0 Å². The Labute approximate surface area is 134 Å². The number of nitrogens with zero attached hydrogens (tertiary/aromatic N) is 5. The number of thiazole rings is 1. The second kappa shape index (κ2) is 6.87. The van der Waals surface area contributed by atoms with Crippen LogP contribution in [0, 0.1) is 13.8 Å². The summed E-state index contributed by atoms with van der Waals surface area (Å²) in [4.78, 5) is 19.3. The molecule has 2 amide bonds. The molecular weight excluding hydrogens is 300 g/mol. The third kappa shape index (κ3) is 3.82. The molecule has 1 N–H and O–H groups in total. The van der Waals surface area contributed by atoms with Crippen LogP contribution in [0.2, 0.25) is 0 Å². The summed E-state index contributed by atoms with van der Waals surface area (Å²) in [6.07, 6.45) is 1.69. The molecule has 22 heavy (non-hydrogen) atoms. The number of carbonyl (C=O) groups excluding carboxylic acids is 1. The zero-order chi connectivity index (χ0) is 16.3. The summed E-state index contributed by atoms with van der Waals surface area (Å²) in [5.74, 6) is 0.772. The van der Waals surface area contributed by atoms with Crippen LogP contribution in [0.15, 0.2) is 6.33 Å². The van der Waals surface area contributed by atoms with Gasteiger partial charge in [0.2, 0.25) is 0 Å². The van der Waals surface area contributed by atoms with Crippen LogP contribution in [0.5, 0.6) is 0 Å². The zero-order valence-corrected chi connectivity index (χ0v) is 14.4. The lowest BCUT2D eigenvalue weighted by Crippen LogP contribution is -2.37. The minimum absolute atomic E-state index is 0.149. The highest BCUT2D eigenvalue weighted by Gasteiger charge is 2.14. The van der Waals surface area contributed by atoms with E-state index < -0.39 is 0 Å². The van der Waals surface area contributed by atoms with Crippen LogP contribution < -0.4 is 5.32 Å². The molecule has 2 aromatic heterocycles. The van der Waals surface area contributed by atoms with Crippen LogP contribution in [-0.4, -0.2) is 37.7 Å². The highest BCUT2D eigenvalue weighted by molar-refractivity contribution is 7.11. The first-order valence-electron chi connectivity index (χ1n) is 7.18. The predicted molar refractivity (Wildman–Crippen MR) is 85.7 cm³/mol. The smallest absolute Gasteiger partial charge is 0.317 e. The van der Waals surface area contributed by atoms with Gasteiger partial charge in [-0.15, -0.1) is 21.5 Å². The van der Waals surface area contributed by atoms with Crippen molar-refractivity contribution in [2.75, 3.05) is 7.05 Å². The number of amides is 2. The van der Waals surface area contributed by atoms with Gasteiger partial charge in [0.15, 0.2) is 5.82 Å². The van der Waals surface area contributed by atoms with Gasteiger partial charge in [-0.05, 0) is 27.7 Å². The van der Waals surface area contributed by atoms with E-state index in [9.17, 15) is 4.79 Å². The number of nitrogens with one attached hydrogen (secondary N) is 1. The molecule has 0 aromatic carbocycles. The molecule has 2 rings (SSSR count). The lowest BCUT2D eigenvalue weighted by atomic mass is 10.4. The molecule has 8 heteroatoms. The molecule has 0 unspecified atom stereocenters. The molecule has 0 atom stereocenters. The SMILES string of the molecule is Cc1nc(CNC(=O)N(C)Cc2nncn2C(C)C)sc1C. The Morgan fingerprint density at radius 2 is 2.18 bits per heavy atom. The van der Waals surface area contributed by atoms with E-state index in [1.165, 1.54) is 4.88 Å². The first-order valence-corrected chi connectivity index (χ1v) is 8.00.